The number of nitrogens with one attached hydrogen (secondary N) is 1. The van der Waals surface area contributed by atoms with Gasteiger partial charge in [0.15, 0.2) is 0 Å². The average Bonchev–Trinajstić information content (AvgIpc) is 3.34. The molecule has 0 radical (unpaired) electrons. The molecule has 1 aromatic heterocycles. The summed E-state index contributed by atoms with van der Waals surface area (Å²) in [5, 5.41) is 4.19. The maximum Gasteiger partial charge on any atom is 0.255 e. The zero-order valence-corrected chi connectivity index (χ0v) is 19.3. The van der Waals surface area contributed by atoms with E-state index in [9.17, 15) is 4.79 Å². The van der Waals surface area contributed by atoms with E-state index in [-0.39, 0.29) is 5.91 Å². The second-order valence-electron chi connectivity index (χ2n) is 8.98. The summed E-state index contributed by atoms with van der Waals surface area (Å²) >= 11 is 0. The number of carbonyl (C=O) groups excluding carboxylic acids is 1. The third-order valence-electron chi connectivity index (χ3n) is 6.62. The fraction of sp³-hybridized carbons (Fsp3) is 0.241. The summed E-state index contributed by atoms with van der Waals surface area (Å²) in [4.78, 5) is 20.1. The van der Waals surface area contributed by atoms with Crippen molar-refractivity contribution in [1.29, 1.82) is 0 Å². The molecule has 1 amide bonds. The van der Waals surface area contributed by atoms with Gasteiger partial charge in [0.05, 0.1) is 5.52 Å². The predicted molar refractivity (Wildman–Crippen MR) is 136 cm³/mol. The summed E-state index contributed by atoms with van der Waals surface area (Å²) in [6.07, 6.45) is 4.55. The van der Waals surface area contributed by atoms with E-state index in [4.69, 9.17) is 4.98 Å². The molecule has 33 heavy (non-hydrogen) atoms. The van der Waals surface area contributed by atoms with Crippen molar-refractivity contribution in [2.24, 2.45) is 0 Å². The first-order chi connectivity index (χ1) is 16.1. The van der Waals surface area contributed by atoms with Gasteiger partial charge in [-0.1, -0.05) is 42.5 Å². The Morgan fingerprint density at radius 3 is 2.48 bits per heavy atom. The molecule has 1 aliphatic heterocycles. The van der Waals surface area contributed by atoms with E-state index in [1.807, 2.05) is 55.6 Å². The van der Waals surface area contributed by atoms with Crippen LogP contribution in [-0.4, -0.2) is 28.9 Å². The Bertz CT molecular complexity index is 1300. The number of anilines is 1. The molecule has 1 fully saturated rings. The quantitative estimate of drug-likeness (QED) is 0.396. The Balaban J connectivity index is 1.33. The molecule has 4 nitrogen and oxygen atoms in total. The van der Waals surface area contributed by atoms with Crippen molar-refractivity contribution < 1.29 is 4.79 Å². The Kier molecular flexibility index (Phi) is 5.93. The highest BCUT2D eigenvalue weighted by molar-refractivity contribution is 6.06. The van der Waals surface area contributed by atoms with Crippen molar-refractivity contribution >= 4 is 22.5 Å². The van der Waals surface area contributed by atoms with Crippen molar-refractivity contribution in [3.05, 3.63) is 95.2 Å². The van der Waals surface area contributed by atoms with Crippen molar-refractivity contribution in [1.82, 2.24) is 9.88 Å². The van der Waals surface area contributed by atoms with E-state index < -0.39 is 0 Å². The molecule has 0 atom stereocenters. The highest BCUT2D eigenvalue weighted by atomic mass is 16.1. The monoisotopic (exact) mass is 435 g/mol. The minimum atomic E-state index is -0.112. The van der Waals surface area contributed by atoms with Gasteiger partial charge in [-0.05, 0) is 91.9 Å². The maximum absolute atomic E-state index is 12.9. The van der Waals surface area contributed by atoms with Crippen LogP contribution in [0.15, 0.2) is 72.9 Å². The number of fused-ring (bicyclic) bond motifs is 1. The van der Waals surface area contributed by atoms with Gasteiger partial charge in [-0.15, -0.1) is 0 Å². The molecule has 0 unspecified atom stereocenters. The molecule has 3 aromatic carbocycles. The molecule has 4 heteroatoms. The molecular formula is C29H29N3O. The second-order valence-corrected chi connectivity index (χ2v) is 8.98. The van der Waals surface area contributed by atoms with Crippen LogP contribution in [0.4, 0.5) is 5.69 Å². The first kappa shape index (κ1) is 21.4. The number of aryl methyl sites for hydroxylation is 2. The zero-order valence-electron chi connectivity index (χ0n) is 19.3. The third kappa shape index (κ3) is 4.53. The van der Waals surface area contributed by atoms with Gasteiger partial charge < -0.3 is 5.32 Å². The number of nitrogens with zero attached hydrogens (tertiary/aromatic N) is 2. The van der Waals surface area contributed by atoms with Crippen LogP contribution in [0.25, 0.3) is 22.0 Å². The van der Waals surface area contributed by atoms with Crippen LogP contribution in [0.2, 0.25) is 0 Å². The smallest absolute Gasteiger partial charge is 0.255 e. The Hall–Kier alpha value is -3.50. The molecule has 4 aromatic rings. The molecular weight excluding hydrogens is 406 g/mol. The van der Waals surface area contributed by atoms with Gasteiger partial charge in [0.1, 0.15) is 0 Å². The first-order valence-electron chi connectivity index (χ1n) is 11.7. The fourth-order valence-electron chi connectivity index (χ4n) is 4.71. The number of benzene rings is 3. The van der Waals surface area contributed by atoms with Crippen molar-refractivity contribution in [2.45, 2.75) is 33.2 Å². The number of pyridine rings is 1. The maximum atomic E-state index is 12.9. The molecule has 5 rings (SSSR count). The molecule has 0 saturated carbocycles. The lowest BCUT2D eigenvalue weighted by Gasteiger charge is -2.15. The normalized spacial score (nSPS) is 14.0. The number of aromatic nitrogens is 1. The van der Waals surface area contributed by atoms with Crippen LogP contribution in [0, 0.1) is 13.8 Å². The van der Waals surface area contributed by atoms with E-state index in [0.717, 1.165) is 34.3 Å². The van der Waals surface area contributed by atoms with E-state index in [0.29, 0.717) is 5.56 Å². The molecule has 0 bridgehead atoms. The number of carbonyl (C=O) groups is 1. The van der Waals surface area contributed by atoms with Crippen molar-refractivity contribution in [3.63, 3.8) is 0 Å². The van der Waals surface area contributed by atoms with Gasteiger partial charge in [-0.2, -0.15) is 0 Å². The van der Waals surface area contributed by atoms with E-state index >= 15 is 0 Å². The van der Waals surface area contributed by atoms with Crippen LogP contribution in [0.1, 0.15) is 39.9 Å². The van der Waals surface area contributed by atoms with Gasteiger partial charge in [-0.25, -0.2) is 0 Å². The van der Waals surface area contributed by atoms with Gasteiger partial charge in [-0.3, -0.25) is 14.7 Å². The summed E-state index contributed by atoms with van der Waals surface area (Å²) in [5.74, 6) is -0.112. The first-order valence-corrected chi connectivity index (χ1v) is 11.7. The Labute approximate surface area is 195 Å². The van der Waals surface area contributed by atoms with E-state index in [1.165, 1.54) is 42.6 Å². The number of amides is 1. The largest absolute Gasteiger partial charge is 0.322 e. The van der Waals surface area contributed by atoms with Gasteiger partial charge in [0.2, 0.25) is 0 Å². The lowest BCUT2D eigenvalue weighted by molar-refractivity contribution is 0.102. The number of likely N-dealkylation sites (tertiary alicyclic amines) is 1. The molecule has 0 aliphatic carbocycles. The third-order valence-corrected chi connectivity index (χ3v) is 6.62. The van der Waals surface area contributed by atoms with Crippen LogP contribution < -0.4 is 5.32 Å². The predicted octanol–water partition coefficient (Wildman–Crippen LogP) is 6.37. The van der Waals surface area contributed by atoms with Crippen molar-refractivity contribution in [2.75, 3.05) is 18.4 Å². The molecule has 166 valence electrons. The highest BCUT2D eigenvalue weighted by Gasteiger charge is 2.14. The standard InChI is InChI=1S/C29H29N3O/c1-20-7-3-4-8-26(20)23-9-11-24(12-10-23)29(33)31-27-14-13-25-17-22(18-30-28(25)21(27)2)19-32-15-5-6-16-32/h3-4,7-14,17-18H,5-6,15-16,19H2,1-2H3,(H,31,33). The summed E-state index contributed by atoms with van der Waals surface area (Å²) in [6, 6.07) is 22.3. The molecule has 0 spiro atoms. The minimum absolute atomic E-state index is 0.112. The summed E-state index contributed by atoms with van der Waals surface area (Å²) in [5.41, 5.74) is 8.13. The van der Waals surface area contributed by atoms with Gasteiger partial charge in [0, 0.05) is 29.4 Å². The fourth-order valence-corrected chi connectivity index (χ4v) is 4.71. The molecule has 1 aliphatic rings. The van der Waals surface area contributed by atoms with E-state index in [2.05, 4.69) is 41.4 Å². The van der Waals surface area contributed by atoms with Crippen LogP contribution in [0.5, 0.6) is 0 Å². The van der Waals surface area contributed by atoms with E-state index in [1.54, 1.807) is 0 Å². The Morgan fingerprint density at radius 2 is 1.73 bits per heavy atom. The summed E-state index contributed by atoms with van der Waals surface area (Å²) < 4.78 is 0. The van der Waals surface area contributed by atoms with Gasteiger partial charge >= 0.3 is 0 Å². The average molecular weight is 436 g/mol. The highest BCUT2D eigenvalue weighted by Crippen LogP contribution is 2.27. The molecule has 2 heterocycles. The zero-order chi connectivity index (χ0) is 22.8. The number of rotatable bonds is 5. The lowest BCUT2D eigenvalue weighted by Crippen LogP contribution is -2.18. The molecule has 1 saturated heterocycles. The summed E-state index contributed by atoms with van der Waals surface area (Å²) in [6.45, 7) is 7.43. The van der Waals surface area contributed by atoms with Crippen LogP contribution in [0.3, 0.4) is 0 Å². The topological polar surface area (TPSA) is 45.2 Å². The Morgan fingerprint density at radius 1 is 0.970 bits per heavy atom. The van der Waals surface area contributed by atoms with Gasteiger partial charge in [0.25, 0.3) is 5.91 Å². The van der Waals surface area contributed by atoms with Crippen LogP contribution in [-0.2, 0) is 6.54 Å². The lowest BCUT2D eigenvalue weighted by atomic mass is 9.99. The SMILES string of the molecule is Cc1ccccc1-c1ccc(C(=O)Nc2ccc3cc(CN4CCCC4)cnc3c2C)cc1. The minimum Gasteiger partial charge on any atom is -0.322 e. The molecule has 1 N–H and O–H groups in total. The van der Waals surface area contributed by atoms with Crippen LogP contribution >= 0.6 is 0 Å². The summed E-state index contributed by atoms with van der Waals surface area (Å²) in [7, 11) is 0. The number of hydrogen-bond donors (Lipinski definition) is 1. The second kappa shape index (κ2) is 9.16. The number of hydrogen-bond acceptors (Lipinski definition) is 3. The van der Waals surface area contributed by atoms with Crippen molar-refractivity contribution in [3.8, 4) is 11.1 Å².